The summed E-state index contributed by atoms with van der Waals surface area (Å²) in [6.07, 6.45) is 6.18. The topological polar surface area (TPSA) is 122 Å². The van der Waals surface area contributed by atoms with Crippen LogP contribution in [0.3, 0.4) is 0 Å². The third-order valence-corrected chi connectivity index (χ3v) is 5.59. The van der Waals surface area contributed by atoms with Gasteiger partial charge >= 0.3 is 12.1 Å². The largest absolute Gasteiger partial charge is 0.477 e. The third kappa shape index (κ3) is 5.95. The lowest BCUT2D eigenvalue weighted by atomic mass is 10.1. The van der Waals surface area contributed by atoms with Crippen LogP contribution in [0.5, 0.6) is 0 Å². The fourth-order valence-corrected chi connectivity index (χ4v) is 3.98. The maximum Gasteiger partial charge on any atom is 0.410 e. The number of carboxylic acid groups (broad SMARTS) is 1. The summed E-state index contributed by atoms with van der Waals surface area (Å²) in [6, 6.07) is 7.53. The molecule has 10 heteroatoms. The van der Waals surface area contributed by atoms with Crippen molar-refractivity contribution in [2.45, 2.75) is 45.3 Å². The molecule has 35 heavy (non-hydrogen) atoms. The number of ether oxygens (including phenoxy) is 1. The summed E-state index contributed by atoms with van der Waals surface area (Å²) in [5.41, 5.74) is 2.06. The van der Waals surface area contributed by atoms with Crippen LogP contribution in [-0.4, -0.2) is 66.5 Å². The molecular weight excluding hydrogens is 448 g/mol. The highest BCUT2D eigenvalue weighted by molar-refractivity contribution is 5.93. The average Bonchev–Trinajstić information content (AvgIpc) is 3.24. The molecule has 0 bridgehead atoms. The standard InChI is InChI=1S/C25H30N6O4/c1-25(2,3)35-24(34)31-10-6-9-19(15-31)28-22-20(23(32)33)13-26-21(29-22)17-8-5-7-16(11-17)18-12-27-30(4)14-18/h5,7-8,11-14,19H,6,9-10,15H2,1-4H3,(H,32,33)(H,26,28,29). The zero-order valence-electron chi connectivity index (χ0n) is 20.4. The number of aromatic nitrogens is 4. The summed E-state index contributed by atoms with van der Waals surface area (Å²) in [5, 5.41) is 17.2. The van der Waals surface area contributed by atoms with Gasteiger partial charge in [-0.25, -0.2) is 19.6 Å². The smallest absolute Gasteiger partial charge is 0.410 e. The molecule has 1 aliphatic heterocycles. The van der Waals surface area contributed by atoms with Gasteiger partial charge in [0, 0.05) is 49.7 Å². The van der Waals surface area contributed by atoms with Gasteiger partial charge in [-0.3, -0.25) is 4.68 Å². The SMILES string of the molecule is Cn1cc(-c2cccc(-c3ncc(C(=O)O)c(NC4CCCN(C(=O)OC(C)(C)C)C4)n3)c2)cn1. The van der Waals surface area contributed by atoms with Gasteiger partial charge < -0.3 is 20.1 Å². The van der Waals surface area contributed by atoms with E-state index in [1.165, 1.54) is 6.20 Å². The molecule has 4 rings (SSSR count). The van der Waals surface area contributed by atoms with Crippen LogP contribution in [0.1, 0.15) is 44.0 Å². The normalized spacial score (nSPS) is 16.1. The van der Waals surface area contributed by atoms with Gasteiger partial charge in [0.25, 0.3) is 0 Å². The Kier molecular flexibility index (Phi) is 6.72. The second-order valence-corrected chi connectivity index (χ2v) is 9.65. The van der Waals surface area contributed by atoms with Crippen molar-refractivity contribution in [1.82, 2.24) is 24.6 Å². The van der Waals surface area contributed by atoms with Gasteiger partial charge in [0.15, 0.2) is 5.82 Å². The highest BCUT2D eigenvalue weighted by Crippen LogP contribution is 2.26. The Morgan fingerprint density at radius 1 is 1.17 bits per heavy atom. The minimum absolute atomic E-state index is 0.0217. The van der Waals surface area contributed by atoms with Crippen molar-refractivity contribution in [3.05, 3.63) is 48.4 Å². The van der Waals surface area contributed by atoms with Crippen LogP contribution in [0.4, 0.5) is 10.6 Å². The van der Waals surface area contributed by atoms with Crippen LogP contribution in [0, 0.1) is 0 Å². The number of hydrogen-bond acceptors (Lipinski definition) is 7. The van der Waals surface area contributed by atoms with Crippen LogP contribution < -0.4 is 5.32 Å². The molecule has 1 fully saturated rings. The molecule has 1 saturated heterocycles. The first kappa shape index (κ1) is 24.2. The van der Waals surface area contributed by atoms with Gasteiger partial charge in [0.05, 0.1) is 6.20 Å². The maximum absolute atomic E-state index is 12.5. The van der Waals surface area contributed by atoms with E-state index in [2.05, 4.69) is 20.4 Å². The number of carbonyl (C=O) groups is 2. The second-order valence-electron chi connectivity index (χ2n) is 9.65. The second kappa shape index (κ2) is 9.73. The minimum atomic E-state index is -1.12. The lowest BCUT2D eigenvalue weighted by molar-refractivity contribution is 0.0205. The molecule has 184 valence electrons. The molecule has 1 amide bonds. The van der Waals surface area contributed by atoms with E-state index < -0.39 is 11.6 Å². The molecule has 0 radical (unpaired) electrons. The number of carboxylic acids is 1. The Bertz CT molecular complexity index is 1230. The van der Waals surface area contributed by atoms with E-state index in [4.69, 9.17) is 4.74 Å². The molecule has 0 saturated carbocycles. The lowest BCUT2D eigenvalue weighted by Gasteiger charge is -2.34. The third-order valence-electron chi connectivity index (χ3n) is 5.59. The highest BCUT2D eigenvalue weighted by atomic mass is 16.6. The molecule has 1 aliphatic rings. The summed E-state index contributed by atoms with van der Waals surface area (Å²) in [4.78, 5) is 34.9. The summed E-state index contributed by atoms with van der Waals surface area (Å²) < 4.78 is 7.23. The van der Waals surface area contributed by atoms with E-state index in [0.29, 0.717) is 18.9 Å². The number of rotatable bonds is 5. The van der Waals surface area contributed by atoms with Crippen LogP contribution >= 0.6 is 0 Å². The fraction of sp³-hybridized carbons (Fsp3) is 0.400. The van der Waals surface area contributed by atoms with Gasteiger partial charge in [-0.15, -0.1) is 0 Å². The molecule has 0 spiro atoms. The monoisotopic (exact) mass is 478 g/mol. The first-order valence-electron chi connectivity index (χ1n) is 11.5. The van der Waals surface area contributed by atoms with E-state index in [-0.39, 0.29) is 23.5 Å². The number of likely N-dealkylation sites (tertiary alicyclic amines) is 1. The molecule has 0 aliphatic carbocycles. The Morgan fingerprint density at radius 3 is 2.63 bits per heavy atom. The number of aromatic carboxylic acids is 1. The number of amides is 1. The van der Waals surface area contributed by atoms with Crippen molar-refractivity contribution < 1.29 is 19.4 Å². The van der Waals surface area contributed by atoms with Crippen LogP contribution in [0.15, 0.2) is 42.9 Å². The molecule has 3 heterocycles. The molecule has 1 atom stereocenters. The van der Waals surface area contributed by atoms with Crippen molar-refractivity contribution in [1.29, 1.82) is 0 Å². The first-order valence-corrected chi connectivity index (χ1v) is 11.5. The zero-order valence-corrected chi connectivity index (χ0v) is 20.4. The van der Waals surface area contributed by atoms with Crippen molar-refractivity contribution in [3.63, 3.8) is 0 Å². The molecule has 1 aromatic carbocycles. The van der Waals surface area contributed by atoms with E-state index in [1.807, 2.05) is 58.3 Å². The van der Waals surface area contributed by atoms with Gasteiger partial charge in [-0.1, -0.05) is 18.2 Å². The first-order chi connectivity index (χ1) is 16.6. The van der Waals surface area contributed by atoms with Gasteiger partial charge in [-0.05, 0) is 45.2 Å². The van der Waals surface area contributed by atoms with E-state index >= 15 is 0 Å². The van der Waals surface area contributed by atoms with Crippen LogP contribution in [0.25, 0.3) is 22.5 Å². The number of nitrogens with one attached hydrogen (secondary N) is 1. The van der Waals surface area contributed by atoms with Crippen molar-refractivity contribution in [2.75, 3.05) is 18.4 Å². The highest BCUT2D eigenvalue weighted by Gasteiger charge is 2.28. The predicted octanol–water partition coefficient (Wildman–Crippen LogP) is 4.05. The average molecular weight is 479 g/mol. The number of benzene rings is 1. The Morgan fingerprint density at radius 2 is 1.94 bits per heavy atom. The van der Waals surface area contributed by atoms with Crippen molar-refractivity contribution in [3.8, 4) is 22.5 Å². The van der Waals surface area contributed by atoms with Gasteiger partial charge in [0.1, 0.15) is 17.0 Å². The van der Waals surface area contributed by atoms with Gasteiger partial charge in [-0.2, -0.15) is 5.10 Å². The van der Waals surface area contributed by atoms with E-state index in [1.54, 1.807) is 15.8 Å². The fourth-order valence-electron chi connectivity index (χ4n) is 3.98. The Balaban J connectivity index is 1.58. The van der Waals surface area contributed by atoms with Crippen molar-refractivity contribution >= 4 is 17.9 Å². The summed E-state index contributed by atoms with van der Waals surface area (Å²) in [6.45, 7) is 6.47. The summed E-state index contributed by atoms with van der Waals surface area (Å²) in [5.74, 6) is -0.490. The van der Waals surface area contributed by atoms with E-state index in [9.17, 15) is 14.7 Å². The Hall–Kier alpha value is -3.95. The van der Waals surface area contributed by atoms with Crippen LogP contribution in [0.2, 0.25) is 0 Å². The van der Waals surface area contributed by atoms with Crippen molar-refractivity contribution in [2.24, 2.45) is 7.05 Å². The molecule has 1 unspecified atom stereocenters. The van der Waals surface area contributed by atoms with Gasteiger partial charge in [0.2, 0.25) is 0 Å². The molecule has 10 nitrogen and oxygen atoms in total. The summed E-state index contributed by atoms with van der Waals surface area (Å²) >= 11 is 0. The maximum atomic E-state index is 12.5. The molecule has 2 N–H and O–H groups in total. The summed E-state index contributed by atoms with van der Waals surface area (Å²) in [7, 11) is 1.86. The molecule has 2 aromatic heterocycles. The van der Waals surface area contributed by atoms with E-state index in [0.717, 1.165) is 29.5 Å². The lowest BCUT2D eigenvalue weighted by Crippen LogP contribution is -2.47. The molecular formula is C25H30N6O4. The zero-order chi connectivity index (χ0) is 25.2. The number of carbonyl (C=O) groups excluding carboxylic acids is 1. The number of piperidine rings is 1. The quantitative estimate of drug-likeness (QED) is 0.563. The number of aryl methyl sites for hydroxylation is 1. The number of anilines is 1. The minimum Gasteiger partial charge on any atom is -0.477 e. The molecule has 3 aromatic rings. The Labute approximate surface area is 204 Å². The van der Waals surface area contributed by atoms with Crippen LogP contribution in [-0.2, 0) is 11.8 Å². The predicted molar refractivity (Wildman–Crippen MR) is 131 cm³/mol. The number of nitrogens with zero attached hydrogens (tertiary/aromatic N) is 5. The number of hydrogen-bond donors (Lipinski definition) is 2.